The number of carbonyl (C=O) groups excluding carboxylic acids is 1. The van der Waals surface area contributed by atoms with E-state index in [0.717, 1.165) is 43.9 Å². The summed E-state index contributed by atoms with van der Waals surface area (Å²) in [6, 6.07) is 7.81. The van der Waals surface area contributed by atoms with E-state index in [2.05, 4.69) is 27.1 Å². The molecule has 1 N–H and O–H groups in total. The van der Waals surface area contributed by atoms with Crippen LogP contribution in [0.3, 0.4) is 0 Å². The van der Waals surface area contributed by atoms with Crippen molar-refractivity contribution >= 4 is 17.4 Å². The van der Waals surface area contributed by atoms with Crippen LogP contribution in [-0.2, 0) is 15.9 Å². The van der Waals surface area contributed by atoms with Gasteiger partial charge in [-0.1, -0.05) is 19.1 Å². The zero-order valence-corrected chi connectivity index (χ0v) is 15.5. The molecule has 0 atom stereocenters. The maximum Gasteiger partial charge on any atom is 0.275 e. The maximum absolute atomic E-state index is 12.4. The van der Waals surface area contributed by atoms with Crippen molar-refractivity contribution in [3.8, 4) is 0 Å². The molecule has 7 heteroatoms. The van der Waals surface area contributed by atoms with Crippen molar-refractivity contribution in [1.29, 1.82) is 0 Å². The molecule has 0 bridgehead atoms. The zero-order chi connectivity index (χ0) is 18.7. The number of hydrogen-bond acceptors (Lipinski definition) is 6. The topological polar surface area (TPSA) is 76.6 Å². The summed E-state index contributed by atoms with van der Waals surface area (Å²) in [5.41, 5.74) is 2.28. The van der Waals surface area contributed by atoms with Gasteiger partial charge in [-0.25, -0.2) is 9.97 Å². The van der Waals surface area contributed by atoms with Crippen LogP contribution in [0.15, 0.2) is 36.7 Å². The molecule has 1 aromatic carbocycles. The average molecular weight is 368 g/mol. The first-order chi connectivity index (χ1) is 13.2. The van der Waals surface area contributed by atoms with E-state index in [0.29, 0.717) is 18.9 Å². The number of ether oxygens (including phenoxy) is 2. The maximum atomic E-state index is 12.4. The number of benzene rings is 1. The van der Waals surface area contributed by atoms with Crippen LogP contribution in [0.2, 0.25) is 0 Å². The number of carbonyl (C=O) groups is 1. The van der Waals surface area contributed by atoms with E-state index in [1.807, 2.05) is 24.3 Å². The number of nitrogens with zero attached hydrogens (tertiary/aromatic N) is 3. The van der Waals surface area contributed by atoms with E-state index in [1.165, 1.54) is 11.8 Å². The molecular formula is C20H24N4O3. The van der Waals surface area contributed by atoms with Crippen molar-refractivity contribution in [2.24, 2.45) is 0 Å². The zero-order valence-electron chi connectivity index (χ0n) is 15.5. The number of nitrogens with one attached hydrogen (secondary N) is 1. The van der Waals surface area contributed by atoms with Gasteiger partial charge in [0.15, 0.2) is 5.79 Å². The normalized spacial score (nSPS) is 18.6. The van der Waals surface area contributed by atoms with Gasteiger partial charge in [-0.05, 0) is 24.1 Å². The predicted octanol–water partition coefficient (Wildman–Crippen LogP) is 2.63. The molecule has 1 aromatic heterocycles. The number of aromatic nitrogens is 2. The van der Waals surface area contributed by atoms with Gasteiger partial charge < -0.3 is 19.7 Å². The second kappa shape index (κ2) is 7.62. The quantitative estimate of drug-likeness (QED) is 0.894. The summed E-state index contributed by atoms with van der Waals surface area (Å²) in [7, 11) is 0. The van der Waals surface area contributed by atoms with Crippen molar-refractivity contribution in [1.82, 2.24) is 9.97 Å². The fraction of sp³-hybridized carbons (Fsp3) is 0.450. The molecule has 0 aliphatic carbocycles. The number of rotatable bonds is 4. The van der Waals surface area contributed by atoms with Crippen LogP contribution >= 0.6 is 0 Å². The summed E-state index contributed by atoms with van der Waals surface area (Å²) in [5, 5.41) is 2.85. The molecule has 7 nitrogen and oxygen atoms in total. The van der Waals surface area contributed by atoms with E-state index in [1.54, 1.807) is 6.20 Å². The first kappa shape index (κ1) is 17.9. The number of anilines is 2. The number of amides is 1. The van der Waals surface area contributed by atoms with Crippen LogP contribution in [0.5, 0.6) is 0 Å². The van der Waals surface area contributed by atoms with Gasteiger partial charge >= 0.3 is 0 Å². The van der Waals surface area contributed by atoms with Gasteiger partial charge in [-0.3, -0.25) is 4.79 Å². The third-order valence-corrected chi connectivity index (χ3v) is 5.15. The highest BCUT2D eigenvalue weighted by atomic mass is 16.7. The molecule has 1 spiro atoms. The molecule has 2 saturated heterocycles. The van der Waals surface area contributed by atoms with Crippen molar-refractivity contribution < 1.29 is 14.3 Å². The summed E-state index contributed by atoms with van der Waals surface area (Å²) >= 11 is 0. The Morgan fingerprint density at radius 3 is 2.41 bits per heavy atom. The SMILES string of the molecule is CCc1ccc(NC(=O)c2cnc(N3CCC4(CC3)OCCO4)cn2)cc1. The van der Waals surface area contributed by atoms with Crippen molar-refractivity contribution in [3.05, 3.63) is 47.9 Å². The number of piperidine rings is 1. The monoisotopic (exact) mass is 368 g/mol. The van der Waals surface area contributed by atoms with E-state index >= 15 is 0 Å². The molecule has 142 valence electrons. The minimum absolute atomic E-state index is 0.261. The van der Waals surface area contributed by atoms with E-state index in [4.69, 9.17) is 9.47 Å². The Morgan fingerprint density at radius 2 is 1.81 bits per heavy atom. The highest BCUT2D eigenvalue weighted by Crippen LogP contribution is 2.32. The van der Waals surface area contributed by atoms with Crippen LogP contribution in [-0.4, -0.2) is 48.0 Å². The van der Waals surface area contributed by atoms with Crippen molar-refractivity contribution in [3.63, 3.8) is 0 Å². The van der Waals surface area contributed by atoms with Gasteiger partial charge in [-0.2, -0.15) is 0 Å². The summed E-state index contributed by atoms with van der Waals surface area (Å²) < 4.78 is 11.5. The van der Waals surface area contributed by atoms with Crippen LogP contribution in [0.4, 0.5) is 11.5 Å². The van der Waals surface area contributed by atoms with Crippen molar-refractivity contribution in [2.45, 2.75) is 32.0 Å². The third-order valence-electron chi connectivity index (χ3n) is 5.15. The Bertz CT molecular complexity index is 776. The smallest absolute Gasteiger partial charge is 0.275 e. The van der Waals surface area contributed by atoms with Gasteiger partial charge in [0.2, 0.25) is 0 Å². The molecule has 0 radical (unpaired) electrons. The molecule has 2 fully saturated rings. The summed E-state index contributed by atoms with van der Waals surface area (Å²) in [6.07, 6.45) is 5.77. The van der Waals surface area contributed by atoms with Crippen LogP contribution in [0.25, 0.3) is 0 Å². The minimum Gasteiger partial charge on any atom is -0.355 e. The Labute approximate surface area is 158 Å². The molecule has 27 heavy (non-hydrogen) atoms. The van der Waals surface area contributed by atoms with Gasteiger partial charge in [0, 0.05) is 31.6 Å². The first-order valence-corrected chi connectivity index (χ1v) is 9.43. The lowest BCUT2D eigenvalue weighted by molar-refractivity contribution is -0.169. The molecule has 2 aliphatic heterocycles. The highest BCUT2D eigenvalue weighted by Gasteiger charge is 2.40. The van der Waals surface area contributed by atoms with Gasteiger partial charge in [0.25, 0.3) is 5.91 Å². The largest absolute Gasteiger partial charge is 0.355 e. The second-order valence-corrected chi connectivity index (χ2v) is 6.86. The second-order valence-electron chi connectivity index (χ2n) is 6.86. The summed E-state index contributed by atoms with van der Waals surface area (Å²) in [6.45, 7) is 5.03. The van der Waals surface area contributed by atoms with Crippen LogP contribution in [0.1, 0.15) is 35.8 Å². The van der Waals surface area contributed by atoms with E-state index < -0.39 is 5.79 Å². The molecule has 4 rings (SSSR count). The van der Waals surface area contributed by atoms with Crippen LogP contribution < -0.4 is 10.2 Å². The average Bonchev–Trinajstić information content (AvgIpc) is 3.17. The third kappa shape index (κ3) is 3.94. The van der Waals surface area contributed by atoms with Gasteiger partial charge in [0.05, 0.1) is 25.6 Å². The fourth-order valence-corrected chi connectivity index (χ4v) is 3.48. The standard InChI is InChI=1S/C20H24N4O3/c1-2-15-3-5-16(6-4-15)23-19(25)17-13-22-18(14-21-17)24-9-7-20(8-10-24)26-11-12-27-20/h3-6,13-14H,2,7-12H2,1H3,(H,23,25). The summed E-state index contributed by atoms with van der Waals surface area (Å²) in [4.78, 5) is 23.2. The molecule has 2 aliphatic rings. The Balaban J connectivity index is 1.36. The molecule has 3 heterocycles. The molecule has 0 unspecified atom stereocenters. The first-order valence-electron chi connectivity index (χ1n) is 9.43. The minimum atomic E-state index is -0.406. The number of aryl methyl sites for hydroxylation is 1. The fourth-order valence-electron chi connectivity index (χ4n) is 3.48. The van der Waals surface area contributed by atoms with E-state index in [9.17, 15) is 4.79 Å². The Hall–Kier alpha value is -2.51. The van der Waals surface area contributed by atoms with Gasteiger partial charge in [-0.15, -0.1) is 0 Å². The molecular weight excluding hydrogens is 344 g/mol. The molecule has 1 amide bonds. The lowest BCUT2D eigenvalue weighted by atomic mass is 10.0. The Morgan fingerprint density at radius 1 is 1.11 bits per heavy atom. The van der Waals surface area contributed by atoms with Gasteiger partial charge in [0.1, 0.15) is 11.5 Å². The van der Waals surface area contributed by atoms with Crippen LogP contribution in [0, 0.1) is 0 Å². The van der Waals surface area contributed by atoms with E-state index in [-0.39, 0.29) is 5.91 Å². The number of hydrogen-bond donors (Lipinski definition) is 1. The summed E-state index contributed by atoms with van der Waals surface area (Å²) in [5.74, 6) is 0.104. The molecule has 2 aromatic rings. The lowest BCUT2D eigenvalue weighted by Crippen LogP contribution is -2.45. The highest BCUT2D eigenvalue weighted by molar-refractivity contribution is 6.02. The lowest BCUT2D eigenvalue weighted by Gasteiger charge is -2.37. The Kier molecular flexibility index (Phi) is 5.05. The predicted molar refractivity (Wildman–Crippen MR) is 102 cm³/mol. The van der Waals surface area contributed by atoms with Crippen molar-refractivity contribution in [2.75, 3.05) is 36.5 Å². The molecule has 0 saturated carbocycles.